The summed E-state index contributed by atoms with van der Waals surface area (Å²) < 4.78 is 5.45. The van der Waals surface area contributed by atoms with Gasteiger partial charge < -0.3 is 9.73 Å². The number of carbonyl (C=O) groups is 1. The average Bonchev–Trinajstić information content (AvgIpc) is 2.67. The van der Waals surface area contributed by atoms with Gasteiger partial charge in [0.05, 0.1) is 12.1 Å². The number of para-hydroxylation sites is 1. The number of benzene rings is 1. The fourth-order valence-electron chi connectivity index (χ4n) is 2.32. The van der Waals surface area contributed by atoms with E-state index < -0.39 is 0 Å². The minimum Gasteiger partial charge on any atom is -0.445 e. The molecule has 0 radical (unpaired) electrons. The zero-order valence-electron chi connectivity index (χ0n) is 13.3. The number of rotatable bonds is 3. The van der Waals surface area contributed by atoms with Gasteiger partial charge in [-0.05, 0) is 24.0 Å². The molecule has 2 aromatic rings. The molecule has 1 heterocycles. The summed E-state index contributed by atoms with van der Waals surface area (Å²) in [7, 11) is 0. The van der Waals surface area contributed by atoms with Crippen LogP contribution in [-0.2, 0) is 16.6 Å². The highest BCUT2D eigenvalue weighted by Crippen LogP contribution is 2.29. The lowest BCUT2D eigenvalue weighted by molar-refractivity contribution is -0.115. The van der Waals surface area contributed by atoms with Gasteiger partial charge in [-0.3, -0.25) is 4.79 Å². The van der Waals surface area contributed by atoms with E-state index in [0.29, 0.717) is 11.7 Å². The van der Waals surface area contributed by atoms with E-state index in [2.05, 4.69) is 31.1 Å². The fourth-order valence-corrected chi connectivity index (χ4v) is 2.32. The normalized spacial score (nSPS) is 11.5. The Morgan fingerprint density at radius 2 is 1.90 bits per heavy atom. The Balaban J connectivity index is 2.15. The van der Waals surface area contributed by atoms with E-state index in [1.807, 2.05) is 31.2 Å². The minimum absolute atomic E-state index is 0.0252. The van der Waals surface area contributed by atoms with Gasteiger partial charge in [0.25, 0.3) is 0 Å². The van der Waals surface area contributed by atoms with Gasteiger partial charge >= 0.3 is 0 Å². The van der Waals surface area contributed by atoms with Crippen LogP contribution in [0.2, 0.25) is 0 Å². The van der Waals surface area contributed by atoms with Gasteiger partial charge in [-0.2, -0.15) is 0 Å². The van der Waals surface area contributed by atoms with Crippen LogP contribution in [0.25, 0.3) is 0 Å². The lowest BCUT2D eigenvalue weighted by atomic mass is 9.86. The van der Waals surface area contributed by atoms with Gasteiger partial charge in [0.1, 0.15) is 5.76 Å². The smallest absolute Gasteiger partial charge is 0.232 e. The Bertz CT molecular complexity index is 651. The lowest BCUT2D eigenvalue weighted by Gasteiger charge is -2.22. The quantitative estimate of drug-likeness (QED) is 0.934. The highest BCUT2D eigenvalue weighted by Gasteiger charge is 2.19. The van der Waals surface area contributed by atoms with Crippen molar-refractivity contribution in [3.63, 3.8) is 0 Å². The number of amides is 1. The monoisotopic (exact) mass is 286 g/mol. The number of nitrogens with one attached hydrogen (secondary N) is 1. The Kier molecular flexibility index (Phi) is 4.16. The SMILES string of the molecule is Cc1nc(C)c(CC(=O)Nc2ccccc2C(C)(C)C)o1. The molecule has 0 aliphatic heterocycles. The molecule has 0 aliphatic rings. The molecule has 0 fully saturated rings. The molecule has 4 nitrogen and oxygen atoms in total. The molecule has 0 saturated carbocycles. The Morgan fingerprint density at radius 1 is 1.24 bits per heavy atom. The molecule has 0 atom stereocenters. The average molecular weight is 286 g/mol. The van der Waals surface area contributed by atoms with Crippen LogP contribution in [0.1, 0.15) is 43.7 Å². The number of aryl methyl sites for hydroxylation is 2. The Morgan fingerprint density at radius 3 is 2.48 bits per heavy atom. The third kappa shape index (κ3) is 3.72. The predicted octanol–water partition coefficient (Wildman–Crippen LogP) is 3.77. The van der Waals surface area contributed by atoms with Crippen molar-refractivity contribution in [1.82, 2.24) is 4.98 Å². The molecule has 0 aliphatic carbocycles. The summed E-state index contributed by atoms with van der Waals surface area (Å²) in [4.78, 5) is 16.4. The zero-order chi connectivity index (χ0) is 15.6. The second kappa shape index (κ2) is 5.72. The van der Waals surface area contributed by atoms with E-state index in [1.54, 1.807) is 6.92 Å². The van der Waals surface area contributed by atoms with Crippen molar-refractivity contribution < 1.29 is 9.21 Å². The molecule has 4 heteroatoms. The van der Waals surface area contributed by atoms with Gasteiger partial charge in [0, 0.05) is 12.6 Å². The van der Waals surface area contributed by atoms with Crippen LogP contribution >= 0.6 is 0 Å². The second-order valence-electron chi connectivity index (χ2n) is 6.26. The molecule has 1 aromatic carbocycles. The van der Waals surface area contributed by atoms with Gasteiger partial charge in [0.2, 0.25) is 5.91 Å². The number of anilines is 1. The number of aromatic nitrogens is 1. The molecular weight excluding hydrogens is 264 g/mol. The van der Waals surface area contributed by atoms with Crippen molar-refractivity contribution in [1.29, 1.82) is 0 Å². The van der Waals surface area contributed by atoms with Crippen LogP contribution in [0.15, 0.2) is 28.7 Å². The van der Waals surface area contributed by atoms with E-state index in [1.165, 1.54) is 0 Å². The standard InChI is InChI=1S/C17H22N2O2/c1-11-15(21-12(2)18-11)10-16(20)19-14-9-7-6-8-13(14)17(3,4)5/h6-9H,10H2,1-5H3,(H,19,20). The molecule has 1 amide bonds. The molecule has 1 aromatic heterocycles. The molecule has 0 saturated heterocycles. The summed E-state index contributed by atoms with van der Waals surface area (Å²) in [6.45, 7) is 10.0. The van der Waals surface area contributed by atoms with Crippen molar-refractivity contribution in [2.75, 3.05) is 5.32 Å². The number of oxazole rings is 1. The van der Waals surface area contributed by atoms with E-state index in [-0.39, 0.29) is 17.7 Å². The van der Waals surface area contributed by atoms with Crippen LogP contribution < -0.4 is 5.32 Å². The highest BCUT2D eigenvalue weighted by molar-refractivity contribution is 5.93. The highest BCUT2D eigenvalue weighted by atomic mass is 16.4. The number of nitrogens with zero attached hydrogens (tertiary/aromatic N) is 1. The maximum atomic E-state index is 12.2. The van der Waals surface area contributed by atoms with Crippen molar-refractivity contribution in [3.05, 3.63) is 47.2 Å². The van der Waals surface area contributed by atoms with Gasteiger partial charge in [-0.1, -0.05) is 39.0 Å². The van der Waals surface area contributed by atoms with E-state index >= 15 is 0 Å². The van der Waals surface area contributed by atoms with E-state index in [4.69, 9.17) is 4.42 Å². The maximum Gasteiger partial charge on any atom is 0.232 e. The van der Waals surface area contributed by atoms with Crippen LogP contribution in [0.4, 0.5) is 5.69 Å². The first-order valence-electron chi connectivity index (χ1n) is 7.09. The predicted molar refractivity (Wildman–Crippen MR) is 83.5 cm³/mol. The molecule has 0 spiro atoms. The van der Waals surface area contributed by atoms with Crippen LogP contribution in [0.5, 0.6) is 0 Å². The summed E-state index contributed by atoms with van der Waals surface area (Å²) in [5.41, 5.74) is 2.71. The van der Waals surface area contributed by atoms with Crippen LogP contribution in [0.3, 0.4) is 0 Å². The number of hydrogen-bond donors (Lipinski definition) is 1. The van der Waals surface area contributed by atoms with Crippen molar-refractivity contribution in [2.45, 2.75) is 46.5 Å². The van der Waals surface area contributed by atoms with Crippen LogP contribution in [0, 0.1) is 13.8 Å². The number of hydrogen-bond acceptors (Lipinski definition) is 3. The Labute approximate surface area is 125 Å². The van der Waals surface area contributed by atoms with Crippen molar-refractivity contribution in [3.8, 4) is 0 Å². The first kappa shape index (κ1) is 15.3. The summed E-state index contributed by atoms with van der Waals surface area (Å²) >= 11 is 0. The molecule has 0 unspecified atom stereocenters. The van der Waals surface area contributed by atoms with E-state index in [0.717, 1.165) is 16.9 Å². The first-order chi connectivity index (χ1) is 9.77. The van der Waals surface area contributed by atoms with Gasteiger partial charge in [-0.25, -0.2) is 4.98 Å². The summed E-state index contributed by atoms with van der Waals surface area (Å²) in [6.07, 6.45) is 0.200. The van der Waals surface area contributed by atoms with Crippen LogP contribution in [-0.4, -0.2) is 10.9 Å². The van der Waals surface area contributed by atoms with Crippen molar-refractivity contribution in [2.24, 2.45) is 0 Å². The second-order valence-corrected chi connectivity index (χ2v) is 6.26. The first-order valence-corrected chi connectivity index (χ1v) is 7.09. The molecular formula is C17H22N2O2. The molecule has 21 heavy (non-hydrogen) atoms. The zero-order valence-corrected chi connectivity index (χ0v) is 13.3. The third-order valence-corrected chi connectivity index (χ3v) is 3.33. The molecule has 1 N–H and O–H groups in total. The van der Waals surface area contributed by atoms with E-state index in [9.17, 15) is 4.79 Å². The number of carbonyl (C=O) groups excluding carboxylic acids is 1. The third-order valence-electron chi connectivity index (χ3n) is 3.33. The topological polar surface area (TPSA) is 55.1 Å². The van der Waals surface area contributed by atoms with Gasteiger partial charge in [0.15, 0.2) is 5.89 Å². The fraction of sp³-hybridized carbons (Fsp3) is 0.412. The molecule has 112 valence electrons. The summed E-state index contributed by atoms with van der Waals surface area (Å²) in [5, 5.41) is 2.98. The van der Waals surface area contributed by atoms with Crippen molar-refractivity contribution >= 4 is 11.6 Å². The summed E-state index contributed by atoms with van der Waals surface area (Å²) in [6, 6.07) is 7.88. The molecule has 0 bridgehead atoms. The maximum absolute atomic E-state index is 12.2. The minimum atomic E-state index is -0.0917. The van der Waals surface area contributed by atoms with Gasteiger partial charge in [-0.15, -0.1) is 0 Å². The molecule has 2 rings (SSSR count). The summed E-state index contributed by atoms with van der Waals surface area (Å²) in [5.74, 6) is 1.12. The lowest BCUT2D eigenvalue weighted by Crippen LogP contribution is -2.20. The Hall–Kier alpha value is -2.10. The largest absolute Gasteiger partial charge is 0.445 e.